The lowest BCUT2D eigenvalue weighted by Crippen LogP contribution is -2.31. The Morgan fingerprint density at radius 1 is 1.20 bits per heavy atom. The standard InChI is InChI=1S/C15H25N2O7P/c1-3-5-6-8-12(14(18)19)13(7-4-2)15(20)23-25(21,22)24-17-10-9-16-11-17/h9-13H,3-8H2,1-2H3,(H,18,19)(H,21,22). The quantitative estimate of drug-likeness (QED) is 0.421. The maximum absolute atomic E-state index is 12.3. The van der Waals surface area contributed by atoms with Crippen molar-refractivity contribution < 1.29 is 33.3 Å². The first-order chi connectivity index (χ1) is 11.8. The molecule has 25 heavy (non-hydrogen) atoms. The molecule has 1 heterocycles. The lowest BCUT2D eigenvalue weighted by atomic mass is 9.85. The lowest BCUT2D eigenvalue weighted by Gasteiger charge is -2.23. The first-order valence-electron chi connectivity index (χ1n) is 8.27. The molecule has 0 aliphatic heterocycles. The van der Waals surface area contributed by atoms with E-state index in [1.165, 1.54) is 12.4 Å². The topological polar surface area (TPSA) is 128 Å². The third-order valence-electron chi connectivity index (χ3n) is 3.71. The fourth-order valence-corrected chi connectivity index (χ4v) is 3.25. The van der Waals surface area contributed by atoms with E-state index in [2.05, 4.69) is 14.1 Å². The zero-order valence-electron chi connectivity index (χ0n) is 14.4. The summed E-state index contributed by atoms with van der Waals surface area (Å²) < 4.78 is 22.0. The number of carbonyl (C=O) groups is 2. The fraction of sp³-hybridized carbons (Fsp3) is 0.667. The number of carboxylic acid groups (broad SMARTS) is 1. The minimum Gasteiger partial charge on any atom is -0.481 e. The first-order valence-corrected chi connectivity index (χ1v) is 9.77. The molecule has 0 spiro atoms. The summed E-state index contributed by atoms with van der Waals surface area (Å²) in [5.74, 6) is -4.13. The van der Waals surface area contributed by atoms with Crippen molar-refractivity contribution in [2.45, 2.75) is 52.4 Å². The van der Waals surface area contributed by atoms with Crippen molar-refractivity contribution in [2.75, 3.05) is 0 Å². The highest BCUT2D eigenvalue weighted by molar-refractivity contribution is 7.48. The lowest BCUT2D eigenvalue weighted by molar-refractivity contribution is -0.153. The van der Waals surface area contributed by atoms with E-state index in [4.69, 9.17) is 0 Å². The number of hydrogen-bond donors (Lipinski definition) is 2. The summed E-state index contributed by atoms with van der Waals surface area (Å²) in [7, 11) is -4.74. The molecule has 2 N–H and O–H groups in total. The van der Waals surface area contributed by atoms with E-state index in [0.29, 0.717) is 19.3 Å². The van der Waals surface area contributed by atoms with Crippen LogP contribution in [0.3, 0.4) is 0 Å². The number of carboxylic acids is 1. The highest BCUT2D eigenvalue weighted by atomic mass is 31.2. The second-order valence-corrected chi connectivity index (χ2v) is 7.00. The fourth-order valence-electron chi connectivity index (χ4n) is 2.52. The summed E-state index contributed by atoms with van der Waals surface area (Å²) in [5, 5.41) is 9.44. The van der Waals surface area contributed by atoms with E-state index in [0.717, 1.165) is 23.9 Å². The van der Waals surface area contributed by atoms with Crippen LogP contribution in [0.5, 0.6) is 0 Å². The Balaban J connectivity index is 2.81. The van der Waals surface area contributed by atoms with Gasteiger partial charge in [0.15, 0.2) is 0 Å². The second-order valence-electron chi connectivity index (χ2n) is 5.72. The van der Waals surface area contributed by atoms with Gasteiger partial charge < -0.3 is 14.3 Å². The van der Waals surface area contributed by atoms with Crippen LogP contribution in [-0.4, -0.2) is 31.7 Å². The second kappa shape index (κ2) is 10.2. The molecule has 1 aromatic heterocycles. The number of nitrogens with zero attached hydrogens (tertiary/aromatic N) is 2. The Labute approximate surface area is 146 Å². The van der Waals surface area contributed by atoms with E-state index in [1.807, 2.05) is 6.92 Å². The summed E-state index contributed by atoms with van der Waals surface area (Å²) in [6.07, 6.45) is 7.19. The molecule has 0 aliphatic carbocycles. The normalized spacial score (nSPS) is 15.8. The highest BCUT2D eigenvalue weighted by Crippen LogP contribution is 2.41. The number of imidazole rings is 1. The minimum absolute atomic E-state index is 0.243. The van der Waals surface area contributed by atoms with E-state index >= 15 is 0 Å². The zero-order valence-corrected chi connectivity index (χ0v) is 15.3. The molecular weight excluding hydrogens is 351 g/mol. The van der Waals surface area contributed by atoms with Gasteiger partial charge in [-0.3, -0.25) is 14.5 Å². The van der Waals surface area contributed by atoms with Gasteiger partial charge in [0.25, 0.3) is 0 Å². The van der Waals surface area contributed by atoms with E-state index in [9.17, 15) is 24.2 Å². The summed E-state index contributed by atoms with van der Waals surface area (Å²) in [4.78, 5) is 37.2. The van der Waals surface area contributed by atoms with Crippen LogP contribution in [0, 0.1) is 11.8 Å². The molecule has 0 bridgehead atoms. The van der Waals surface area contributed by atoms with Gasteiger partial charge in [0.2, 0.25) is 0 Å². The first kappa shape index (κ1) is 21.2. The molecule has 0 aliphatic rings. The van der Waals surface area contributed by atoms with Crippen LogP contribution in [0.4, 0.5) is 0 Å². The summed E-state index contributed by atoms with van der Waals surface area (Å²) in [6, 6.07) is 0. The van der Waals surface area contributed by atoms with Gasteiger partial charge in [-0.05, 0) is 12.8 Å². The molecule has 9 nitrogen and oxygen atoms in total. The molecule has 0 amide bonds. The molecule has 3 atom stereocenters. The molecule has 0 fully saturated rings. The van der Waals surface area contributed by atoms with Crippen LogP contribution in [-0.2, 0) is 18.7 Å². The monoisotopic (exact) mass is 376 g/mol. The van der Waals surface area contributed by atoms with Gasteiger partial charge in [-0.1, -0.05) is 39.5 Å². The SMILES string of the molecule is CCCCCC(C(=O)O)C(CCC)C(=O)OP(=O)(O)On1ccnc1. The third kappa shape index (κ3) is 7.27. The Bertz CT molecular complexity index is 591. The highest BCUT2D eigenvalue weighted by Gasteiger charge is 2.38. The molecule has 10 heteroatoms. The van der Waals surface area contributed by atoms with Gasteiger partial charge >= 0.3 is 19.8 Å². The molecular formula is C15H25N2O7P. The average Bonchev–Trinajstić information content (AvgIpc) is 3.01. The van der Waals surface area contributed by atoms with Gasteiger partial charge in [0.1, 0.15) is 6.33 Å². The summed E-state index contributed by atoms with van der Waals surface area (Å²) in [6.45, 7) is 3.79. The van der Waals surface area contributed by atoms with Gasteiger partial charge in [-0.25, -0.2) is 9.55 Å². The van der Waals surface area contributed by atoms with Gasteiger partial charge in [-0.15, -0.1) is 0 Å². The number of phosphoric ester groups is 1. The van der Waals surface area contributed by atoms with Crippen LogP contribution in [0.1, 0.15) is 52.4 Å². The van der Waals surface area contributed by atoms with Crippen LogP contribution in [0.2, 0.25) is 0 Å². The van der Waals surface area contributed by atoms with E-state index in [-0.39, 0.29) is 6.42 Å². The maximum atomic E-state index is 12.3. The molecule has 0 saturated heterocycles. The van der Waals surface area contributed by atoms with Gasteiger partial charge in [0.05, 0.1) is 18.0 Å². The number of rotatable bonds is 12. The molecule has 3 unspecified atom stereocenters. The smallest absolute Gasteiger partial charge is 0.481 e. The van der Waals surface area contributed by atoms with Crippen molar-refractivity contribution in [3.63, 3.8) is 0 Å². The zero-order chi connectivity index (χ0) is 18.9. The van der Waals surface area contributed by atoms with Crippen molar-refractivity contribution in [2.24, 2.45) is 11.8 Å². The predicted molar refractivity (Wildman–Crippen MR) is 88.4 cm³/mol. The number of aromatic nitrogens is 2. The van der Waals surface area contributed by atoms with E-state index < -0.39 is 31.6 Å². The van der Waals surface area contributed by atoms with Crippen molar-refractivity contribution in [1.29, 1.82) is 0 Å². The Kier molecular flexibility index (Phi) is 8.65. The van der Waals surface area contributed by atoms with E-state index in [1.54, 1.807) is 6.92 Å². The van der Waals surface area contributed by atoms with Crippen LogP contribution >= 0.6 is 7.82 Å². The van der Waals surface area contributed by atoms with Crippen LogP contribution < -0.4 is 4.62 Å². The summed E-state index contributed by atoms with van der Waals surface area (Å²) >= 11 is 0. The summed E-state index contributed by atoms with van der Waals surface area (Å²) in [5.41, 5.74) is 0. The minimum atomic E-state index is -4.74. The van der Waals surface area contributed by atoms with Crippen molar-refractivity contribution in [3.8, 4) is 0 Å². The van der Waals surface area contributed by atoms with Crippen LogP contribution in [0.25, 0.3) is 0 Å². The maximum Gasteiger partial charge on any atom is 0.606 e. The number of phosphoric acid groups is 1. The van der Waals surface area contributed by atoms with Crippen molar-refractivity contribution >= 4 is 19.8 Å². The Hall–Kier alpha value is -1.86. The van der Waals surface area contributed by atoms with Gasteiger partial charge in [0, 0.05) is 6.20 Å². The molecule has 0 radical (unpaired) electrons. The molecule has 1 aromatic rings. The molecule has 1 rings (SSSR count). The van der Waals surface area contributed by atoms with Gasteiger partial charge in [-0.2, -0.15) is 4.73 Å². The number of unbranched alkanes of at least 4 members (excludes halogenated alkanes) is 2. The van der Waals surface area contributed by atoms with Crippen molar-refractivity contribution in [1.82, 2.24) is 9.71 Å². The number of carbonyl (C=O) groups excluding carboxylic acids is 1. The third-order valence-corrected chi connectivity index (χ3v) is 4.51. The molecule has 142 valence electrons. The number of hydrogen-bond acceptors (Lipinski definition) is 6. The Morgan fingerprint density at radius 2 is 1.92 bits per heavy atom. The predicted octanol–water partition coefficient (Wildman–Crippen LogP) is 2.65. The largest absolute Gasteiger partial charge is 0.606 e. The number of aliphatic carboxylic acids is 1. The average molecular weight is 376 g/mol. The van der Waals surface area contributed by atoms with Crippen molar-refractivity contribution in [3.05, 3.63) is 18.7 Å². The molecule has 0 saturated carbocycles. The Morgan fingerprint density at radius 3 is 2.44 bits per heavy atom. The molecule has 0 aromatic carbocycles. The van der Waals surface area contributed by atoms with Crippen LogP contribution in [0.15, 0.2) is 18.7 Å².